The molecule has 0 aliphatic rings. The Labute approximate surface area is 98.3 Å². The average Bonchev–Trinajstić information content (AvgIpc) is 2.76. The van der Waals surface area contributed by atoms with Crippen molar-refractivity contribution < 1.29 is 4.74 Å². The summed E-state index contributed by atoms with van der Waals surface area (Å²) in [7, 11) is 1.70. The summed E-state index contributed by atoms with van der Waals surface area (Å²) in [6.07, 6.45) is 3.85. The number of fused-ring (bicyclic) bond motifs is 1. The summed E-state index contributed by atoms with van der Waals surface area (Å²) in [6.45, 7) is 1.53. The molecule has 2 aromatic heterocycles. The van der Waals surface area contributed by atoms with Crippen LogP contribution < -0.4 is 5.56 Å². The minimum Gasteiger partial charge on any atom is -0.385 e. The molecule has 3 nitrogen and oxygen atoms in total. The van der Waals surface area contributed by atoms with Gasteiger partial charge in [-0.2, -0.15) is 0 Å². The fourth-order valence-corrected chi connectivity index (χ4v) is 2.48. The first-order valence-corrected chi connectivity index (χ1v) is 6.26. The molecule has 0 spiro atoms. The molecule has 0 saturated heterocycles. The maximum absolute atomic E-state index is 12.0. The normalized spacial score (nSPS) is 11.1. The molecule has 4 heteroatoms. The molecular weight excluding hydrogens is 222 g/mol. The van der Waals surface area contributed by atoms with E-state index in [0.717, 1.165) is 36.1 Å². The Hall–Kier alpha value is -1.13. The predicted molar refractivity (Wildman–Crippen MR) is 67.2 cm³/mol. The van der Waals surface area contributed by atoms with E-state index >= 15 is 0 Å². The Morgan fingerprint density at radius 1 is 1.38 bits per heavy atom. The minimum absolute atomic E-state index is 0.121. The van der Waals surface area contributed by atoms with Crippen LogP contribution in [0.1, 0.15) is 12.8 Å². The smallest absolute Gasteiger partial charge is 0.259 e. The maximum atomic E-state index is 12.0. The Bertz CT molecular complexity index is 515. The third-order valence-electron chi connectivity index (χ3n) is 2.59. The predicted octanol–water partition coefficient (Wildman–Crippen LogP) is 2.49. The van der Waals surface area contributed by atoms with Crippen LogP contribution in [0.3, 0.4) is 0 Å². The first-order valence-electron chi connectivity index (χ1n) is 5.38. The molecule has 0 radical (unpaired) electrons. The highest BCUT2D eigenvalue weighted by Crippen LogP contribution is 2.16. The zero-order chi connectivity index (χ0) is 11.4. The number of thiophene rings is 1. The van der Waals surface area contributed by atoms with Crippen molar-refractivity contribution in [2.24, 2.45) is 0 Å². The molecule has 0 aliphatic heterocycles. The Morgan fingerprint density at radius 3 is 3.06 bits per heavy atom. The second kappa shape index (κ2) is 5.27. The van der Waals surface area contributed by atoms with Crippen molar-refractivity contribution in [3.63, 3.8) is 0 Å². The van der Waals surface area contributed by atoms with Crippen molar-refractivity contribution in [1.29, 1.82) is 0 Å². The Balaban J connectivity index is 2.12. The van der Waals surface area contributed by atoms with Gasteiger partial charge in [0.2, 0.25) is 0 Å². The number of hydrogen-bond acceptors (Lipinski definition) is 3. The van der Waals surface area contributed by atoms with Crippen LogP contribution in [0.5, 0.6) is 0 Å². The van der Waals surface area contributed by atoms with E-state index in [4.69, 9.17) is 4.74 Å². The molecule has 0 atom stereocenters. The summed E-state index contributed by atoms with van der Waals surface area (Å²) in [4.78, 5) is 12.0. The van der Waals surface area contributed by atoms with E-state index < -0.39 is 0 Å². The van der Waals surface area contributed by atoms with Gasteiger partial charge in [0.15, 0.2) is 0 Å². The van der Waals surface area contributed by atoms with Gasteiger partial charge in [-0.05, 0) is 30.4 Å². The van der Waals surface area contributed by atoms with E-state index in [1.54, 1.807) is 23.0 Å². The molecule has 2 rings (SSSR count). The number of nitrogens with zero attached hydrogens (tertiary/aromatic N) is 1. The van der Waals surface area contributed by atoms with Crippen molar-refractivity contribution in [3.8, 4) is 0 Å². The first kappa shape index (κ1) is 11.4. The lowest BCUT2D eigenvalue weighted by molar-refractivity contribution is 0.191. The molecule has 0 unspecified atom stereocenters. The van der Waals surface area contributed by atoms with Crippen LogP contribution in [-0.2, 0) is 11.3 Å². The van der Waals surface area contributed by atoms with Gasteiger partial charge in [-0.1, -0.05) is 0 Å². The van der Waals surface area contributed by atoms with Crippen LogP contribution in [0.4, 0.5) is 0 Å². The monoisotopic (exact) mass is 237 g/mol. The van der Waals surface area contributed by atoms with Gasteiger partial charge in [-0.3, -0.25) is 4.79 Å². The first-order chi connectivity index (χ1) is 7.83. The van der Waals surface area contributed by atoms with Gasteiger partial charge in [0, 0.05) is 31.2 Å². The van der Waals surface area contributed by atoms with E-state index in [2.05, 4.69) is 0 Å². The molecule has 0 fully saturated rings. The molecular formula is C12H15NO2S. The van der Waals surface area contributed by atoms with Crippen LogP contribution in [0, 0.1) is 0 Å². The van der Waals surface area contributed by atoms with Gasteiger partial charge in [-0.25, -0.2) is 0 Å². The summed E-state index contributed by atoms with van der Waals surface area (Å²) >= 11 is 1.61. The number of unbranched alkanes of at least 4 members (excludes halogenated alkanes) is 1. The fraction of sp³-hybridized carbons (Fsp3) is 0.417. The number of hydrogen-bond donors (Lipinski definition) is 0. The standard InChI is InChI=1S/C12H15NO2S/c1-15-8-3-2-6-13-7-4-11-10(12(13)14)5-9-16-11/h4-5,7,9H,2-3,6,8H2,1H3. The number of methoxy groups -OCH3 is 1. The number of aromatic nitrogens is 1. The lowest BCUT2D eigenvalue weighted by Crippen LogP contribution is -2.19. The molecule has 2 heterocycles. The van der Waals surface area contributed by atoms with Crippen LogP contribution in [0.2, 0.25) is 0 Å². The third kappa shape index (κ3) is 2.33. The van der Waals surface area contributed by atoms with Crippen LogP contribution >= 0.6 is 11.3 Å². The van der Waals surface area contributed by atoms with Crippen molar-refractivity contribution in [2.45, 2.75) is 19.4 Å². The van der Waals surface area contributed by atoms with Gasteiger partial charge >= 0.3 is 0 Å². The summed E-state index contributed by atoms with van der Waals surface area (Å²) in [5, 5.41) is 2.79. The third-order valence-corrected chi connectivity index (χ3v) is 3.47. The summed E-state index contributed by atoms with van der Waals surface area (Å²) < 4.78 is 7.83. The molecule has 0 N–H and O–H groups in total. The molecule has 0 bridgehead atoms. The molecule has 0 aliphatic carbocycles. The fourth-order valence-electron chi connectivity index (χ4n) is 1.71. The largest absolute Gasteiger partial charge is 0.385 e. The number of pyridine rings is 1. The summed E-state index contributed by atoms with van der Waals surface area (Å²) in [5.41, 5.74) is 0.121. The molecule has 0 aromatic carbocycles. The maximum Gasteiger partial charge on any atom is 0.259 e. The second-order valence-electron chi connectivity index (χ2n) is 3.71. The zero-order valence-electron chi connectivity index (χ0n) is 9.31. The topological polar surface area (TPSA) is 31.2 Å². The van der Waals surface area contributed by atoms with E-state index in [9.17, 15) is 4.79 Å². The van der Waals surface area contributed by atoms with Gasteiger partial charge in [0.1, 0.15) is 0 Å². The van der Waals surface area contributed by atoms with E-state index in [1.165, 1.54) is 0 Å². The van der Waals surface area contributed by atoms with E-state index in [-0.39, 0.29) is 5.56 Å². The molecule has 16 heavy (non-hydrogen) atoms. The average molecular weight is 237 g/mol. The molecule has 86 valence electrons. The van der Waals surface area contributed by atoms with Crippen molar-refractivity contribution in [1.82, 2.24) is 4.57 Å². The quantitative estimate of drug-likeness (QED) is 0.748. The highest BCUT2D eigenvalue weighted by Gasteiger charge is 2.02. The highest BCUT2D eigenvalue weighted by molar-refractivity contribution is 7.17. The number of ether oxygens (including phenoxy) is 1. The molecule has 2 aromatic rings. The van der Waals surface area contributed by atoms with Gasteiger partial charge in [0.05, 0.1) is 5.39 Å². The Kier molecular flexibility index (Phi) is 3.74. The minimum atomic E-state index is 0.121. The lowest BCUT2D eigenvalue weighted by atomic mass is 10.3. The van der Waals surface area contributed by atoms with Gasteiger partial charge in [-0.15, -0.1) is 11.3 Å². The Morgan fingerprint density at radius 2 is 2.25 bits per heavy atom. The number of rotatable bonds is 5. The van der Waals surface area contributed by atoms with E-state index in [1.807, 2.05) is 23.7 Å². The van der Waals surface area contributed by atoms with Crippen LogP contribution in [0.25, 0.3) is 10.1 Å². The van der Waals surface area contributed by atoms with Gasteiger partial charge < -0.3 is 9.30 Å². The zero-order valence-corrected chi connectivity index (χ0v) is 10.1. The van der Waals surface area contributed by atoms with E-state index in [0.29, 0.717) is 0 Å². The second-order valence-corrected chi connectivity index (χ2v) is 4.66. The highest BCUT2D eigenvalue weighted by atomic mass is 32.1. The molecule has 0 amide bonds. The molecule has 0 saturated carbocycles. The van der Waals surface area contributed by atoms with Gasteiger partial charge in [0.25, 0.3) is 5.56 Å². The van der Waals surface area contributed by atoms with Crippen molar-refractivity contribution >= 4 is 21.4 Å². The van der Waals surface area contributed by atoms with Crippen LogP contribution in [-0.4, -0.2) is 18.3 Å². The van der Waals surface area contributed by atoms with Crippen LogP contribution in [0.15, 0.2) is 28.5 Å². The SMILES string of the molecule is COCCCCn1ccc2sccc2c1=O. The lowest BCUT2D eigenvalue weighted by Gasteiger charge is -2.05. The van der Waals surface area contributed by atoms with Crippen molar-refractivity contribution in [2.75, 3.05) is 13.7 Å². The summed E-state index contributed by atoms with van der Waals surface area (Å²) in [6, 6.07) is 3.91. The summed E-state index contributed by atoms with van der Waals surface area (Å²) in [5.74, 6) is 0. The number of aryl methyl sites for hydroxylation is 1. The van der Waals surface area contributed by atoms with Crippen molar-refractivity contribution in [3.05, 3.63) is 34.1 Å².